The van der Waals surface area contributed by atoms with Crippen LogP contribution >= 0.6 is 23.2 Å². The fourth-order valence-corrected chi connectivity index (χ4v) is 4.93. The fraction of sp³-hybridized carbons (Fsp3) is 0.400. The standard InChI is InChI=1S/C25H28Cl2N4O3/c1-16-11-17(2)13-19(12-16)23(32)30-9-10-31(25(34)24(33)29-7-5-28-6-8-29)22(15-30)18-3-4-20(26)21(27)14-18/h3-4,11-14,22,28H,5-10,15H2,1-2H3. The number of nitrogens with one attached hydrogen (secondary N) is 1. The zero-order valence-corrected chi connectivity index (χ0v) is 20.8. The van der Waals surface area contributed by atoms with Gasteiger partial charge >= 0.3 is 11.8 Å². The molecule has 2 aromatic rings. The van der Waals surface area contributed by atoms with Gasteiger partial charge in [0.25, 0.3) is 5.91 Å². The summed E-state index contributed by atoms with van der Waals surface area (Å²) in [6.45, 7) is 7.06. The van der Waals surface area contributed by atoms with Gasteiger partial charge in [-0.15, -0.1) is 0 Å². The fourth-order valence-electron chi connectivity index (χ4n) is 4.62. The van der Waals surface area contributed by atoms with Gasteiger partial charge in [-0.1, -0.05) is 46.5 Å². The van der Waals surface area contributed by atoms with Gasteiger partial charge in [0, 0.05) is 51.4 Å². The molecule has 0 aliphatic carbocycles. The van der Waals surface area contributed by atoms with Crippen molar-refractivity contribution in [2.24, 2.45) is 0 Å². The van der Waals surface area contributed by atoms with E-state index in [-0.39, 0.29) is 19.0 Å². The van der Waals surface area contributed by atoms with E-state index in [1.807, 2.05) is 32.0 Å². The molecule has 9 heteroatoms. The molecule has 0 spiro atoms. The van der Waals surface area contributed by atoms with Gasteiger partial charge in [-0.05, 0) is 43.7 Å². The Balaban J connectivity index is 1.62. The van der Waals surface area contributed by atoms with Crippen LogP contribution in [-0.2, 0) is 9.59 Å². The average molecular weight is 503 g/mol. The molecule has 0 saturated carbocycles. The lowest BCUT2D eigenvalue weighted by Crippen LogP contribution is -2.57. The minimum atomic E-state index is -0.559. The van der Waals surface area contributed by atoms with E-state index >= 15 is 0 Å². The first-order chi connectivity index (χ1) is 16.2. The molecule has 2 aromatic carbocycles. The van der Waals surface area contributed by atoms with Gasteiger partial charge in [0.15, 0.2) is 0 Å². The topological polar surface area (TPSA) is 73.0 Å². The molecule has 3 amide bonds. The summed E-state index contributed by atoms with van der Waals surface area (Å²) in [5.41, 5.74) is 3.37. The van der Waals surface area contributed by atoms with Crippen LogP contribution in [0.1, 0.15) is 33.1 Å². The van der Waals surface area contributed by atoms with Crippen LogP contribution in [0.5, 0.6) is 0 Å². The number of hydrogen-bond acceptors (Lipinski definition) is 4. The maximum absolute atomic E-state index is 13.4. The highest BCUT2D eigenvalue weighted by Gasteiger charge is 2.38. The molecule has 0 aromatic heterocycles. The number of halogens is 2. The second-order valence-corrected chi connectivity index (χ2v) is 9.67. The summed E-state index contributed by atoms with van der Waals surface area (Å²) in [4.78, 5) is 44.5. The molecule has 7 nitrogen and oxygen atoms in total. The highest BCUT2D eigenvalue weighted by atomic mass is 35.5. The van der Waals surface area contributed by atoms with Crippen LogP contribution in [-0.4, -0.2) is 78.2 Å². The van der Waals surface area contributed by atoms with Crippen molar-refractivity contribution in [1.82, 2.24) is 20.0 Å². The van der Waals surface area contributed by atoms with E-state index in [0.717, 1.165) is 16.7 Å². The number of benzene rings is 2. The third-order valence-electron chi connectivity index (χ3n) is 6.31. The van der Waals surface area contributed by atoms with Gasteiger partial charge in [0.2, 0.25) is 0 Å². The van der Waals surface area contributed by atoms with Crippen LogP contribution in [0.15, 0.2) is 36.4 Å². The molecule has 2 heterocycles. The largest absolute Gasteiger partial charge is 0.334 e. The van der Waals surface area contributed by atoms with Crippen molar-refractivity contribution in [1.29, 1.82) is 0 Å². The van der Waals surface area contributed by atoms with Crippen molar-refractivity contribution in [3.8, 4) is 0 Å². The van der Waals surface area contributed by atoms with Crippen molar-refractivity contribution < 1.29 is 14.4 Å². The molecule has 1 N–H and O–H groups in total. The molecule has 4 rings (SSSR count). The summed E-state index contributed by atoms with van der Waals surface area (Å²) >= 11 is 12.4. The van der Waals surface area contributed by atoms with Crippen LogP contribution in [0, 0.1) is 13.8 Å². The number of nitrogens with zero attached hydrogens (tertiary/aromatic N) is 3. The number of aryl methyl sites for hydroxylation is 2. The zero-order chi connectivity index (χ0) is 24.4. The second-order valence-electron chi connectivity index (χ2n) is 8.86. The summed E-state index contributed by atoms with van der Waals surface area (Å²) in [7, 11) is 0. The number of amides is 3. The average Bonchev–Trinajstić information content (AvgIpc) is 2.84. The van der Waals surface area contributed by atoms with Crippen LogP contribution < -0.4 is 5.32 Å². The van der Waals surface area contributed by atoms with E-state index < -0.39 is 17.9 Å². The Labute approximate surface area is 209 Å². The minimum absolute atomic E-state index is 0.0996. The highest BCUT2D eigenvalue weighted by Crippen LogP contribution is 2.31. The van der Waals surface area contributed by atoms with Crippen LogP contribution in [0.3, 0.4) is 0 Å². The predicted octanol–water partition coefficient (Wildman–Crippen LogP) is 3.07. The quantitative estimate of drug-likeness (QED) is 0.640. The minimum Gasteiger partial charge on any atom is -0.334 e. The number of hydrogen-bond donors (Lipinski definition) is 1. The van der Waals surface area contributed by atoms with Gasteiger partial charge in [0.05, 0.1) is 16.1 Å². The van der Waals surface area contributed by atoms with Crippen LogP contribution in [0.4, 0.5) is 0 Å². The van der Waals surface area contributed by atoms with Crippen LogP contribution in [0.2, 0.25) is 10.0 Å². The summed E-state index contributed by atoms with van der Waals surface area (Å²) in [5, 5.41) is 3.95. The van der Waals surface area contributed by atoms with Gasteiger partial charge in [0.1, 0.15) is 0 Å². The first-order valence-corrected chi connectivity index (χ1v) is 12.1. The van der Waals surface area contributed by atoms with Crippen LogP contribution in [0.25, 0.3) is 0 Å². The summed E-state index contributed by atoms with van der Waals surface area (Å²) < 4.78 is 0. The summed E-state index contributed by atoms with van der Waals surface area (Å²) in [5.74, 6) is -1.17. The van der Waals surface area contributed by atoms with Crippen molar-refractivity contribution in [2.45, 2.75) is 19.9 Å². The Hall–Kier alpha value is -2.61. The third-order valence-corrected chi connectivity index (χ3v) is 7.05. The number of piperazine rings is 2. The molecule has 34 heavy (non-hydrogen) atoms. The smallest absolute Gasteiger partial charge is 0.312 e. The monoisotopic (exact) mass is 502 g/mol. The molecular weight excluding hydrogens is 475 g/mol. The maximum atomic E-state index is 13.4. The van der Waals surface area contributed by atoms with Crippen molar-refractivity contribution >= 4 is 40.9 Å². The Morgan fingerprint density at radius 1 is 0.824 bits per heavy atom. The normalized spacial score (nSPS) is 18.7. The van der Waals surface area contributed by atoms with E-state index in [0.29, 0.717) is 48.3 Å². The molecule has 0 bridgehead atoms. The Morgan fingerprint density at radius 2 is 1.50 bits per heavy atom. The lowest BCUT2D eigenvalue weighted by Gasteiger charge is -2.42. The van der Waals surface area contributed by atoms with Crippen molar-refractivity contribution in [3.05, 3.63) is 68.7 Å². The Kier molecular flexibility index (Phi) is 7.45. The van der Waals surface area contributed by atoms with Gasteiger partial charge in [-0.2, -0.15) is 0 Å². The first-order valence-electron chi connectivity index (χ1n) is 11.4. The molecule has 0 radical (unpaired) electrons. The van der Waals surface area contributed by atoms with E-state index in [2.05, 4.69) is 5.32 Å². The molecule has 2 saturated heterocycles. The van der Waals surface area contributed by atoms with E-state index in [1.54, 1.807) is 32.9 Å². The molecule has 180 valence electrons. The lowest BCUT2D eigenvalue weighted by atomic mass is 10.00. The number of carbonyl (C=O) groups excluding carboxylic acids is 3. The second kappa shape index (κ2) is 10.3. The first kappa shape index (κ1) is 24.5. The Bertz CT molecular complexity index is 1100. The van der Waals surface area contributed by atoms with Gasteiger partial charge in [-0.25, -0.2) is 0 Å². The molecule has 2 aliphatic heterocycles. The van der Waals surface area contributed by atoms with E-state index in [1.165, 1.54) is 0 Å². The molecule has 2 aliphatic rings. The number of rotatable bonds is 2. The molecule has 1 atom stereocenters. The predicted molar refractivity (Wildman–Crippen MR) is 132 cm³/mol. The SMILES string of the molecule is Cc1cc(C)cc(C(=O)N2CCN(C(=O)C(=O)N3CCNCC3)C(c3ccc(Cl)c(Cl)c3)C2)c1. The molecule has 1 unspecified atom stereocenters. The van der Waals surface area contributed by atoms with Crippen molar-refractivity contribution in [2.75, 3.05) is 45.8 Å². The maximum Gasteiger partial charge on any atom is 0.312 e. The Morgan fingerprint density at radius 3 is 2.15 bits per heavy atom. The third kappa shape index (κ3) is 5.22. The van der Waals surface area contributed by atoms with Gasteiger partial charge in [-0.3, -0.25) is 14.4 Å². The highest BCUT2D eigenvalue weighted by molar-refractivity contribution is 6.42. The molecular formula is C25H28Cl2N4O3. The van der Waals surface area contributed by atoms with Gasteiger partial charge < -0.3 is 20.0 Å². The zero-order valence-electron chi connectivity index (χ0n) is 19.3. The summed E-state index contributed by atoms with van der Waals surface area (Å²) in [6, 6.07) is 10.4. The van der Waals surface area contributed by atoms with Crippen molar-refractivity contribution in [3.63, 3.8) is 0 Å². The molecule has 2 fully saturated rings. The van der Waals surface area contributed by atoms with E-state index in [4.69, 9.17) is 23.2 Å². The lowest BCUT2D eigenvalue weighted by molar-refractivity contribution is -0.155. The van der Waals surface area contributed by atoms with E-state index in [9.17, 15) is 14.4 Å². The summed E-state index contributed by atoms with van der Waals surface area (Å²) in [6.07, 6.45) is 0. The number of carbonyl (C=O) groups is 3.